The van der Waals surface area contributed by atoms with Gasteiger partial charge < -0.3 is 0 Å². The molecule has 66 valence electrons. The van der Waals surface area contributed by atoms with Crippen LogP contribution in [0.5, 0.6) is 0 Å². The molecule has 0 spiro atoms. The van der Waals surface area contributed by atoms with Crippen LogP contribution in [0, 0.1) is 20.7 Å². The van der Waals surface area contributed by atoms with E-state index in [0.29, 0.717) is 0 Å². The summed E-state index contributed by atoms with van der Waals surface area (Å²) in [6, 6.07) is 4.19. The zero-order valence-corrected chi connectivity index (χ0v) is 9.06. The fourth-order valence-electron chi connectivity index (χ4n) is 0.819. The van der Waals surface area contributed by atoms with Crippen LogP contribution in [0.4, 0.5) is 4.39 Å². The fraction of sp³-hybridized carbons (Fsp3) is 0. The van der Waals surface area contributed by atoms with E-state index in [0.717, 1.165) is 6.07 Å². The molecule has 0 radical (unpaired) electrons. The average molecular weight is 309 g/mol. The van der Waals surface area contributed by atoms with Crippen LogP contribution in [0.25, 0.3) is 0 Å². The van der Waals surface area contributed by atoms with Gasteiger partial charge in [-0.1, -0.05) is 0 Å². The third kappa shape index (κ3) is 1.98. The molecule has 0 aromatic heterocycles. The molecular weight excluding hydrogens is 307 g/mol. The van der Waals surface area contributed by atoms with Gasteiger partial charge in [0.25, 0.3) is 5.24 Å². The van der Waals surface area contributed by atoms with Crippen molar-refractivity contribution in [2.45, 2.75) is 0 Å². The lowest BCUT2D eigenvalue weighted by atomic mass is 10.1. The minimum Gasteiger partial charge on any atom is -0.275 e. The monoisotopic (exact) mass is 309 g/mol. The Morgan fingerprint density at radius 1 is 1.62 bits per heavy atom. The largest absolute Gasteiger partial charge is 0.275 e. The zero-order valence-electron chi connectivity index (χ0n) is 6.14. The summed E-state index contributed by atoms with van der Waals surface area (Å²) in [7, 11) is 0. The number of nitriles is 1. The summed E-state index contributed by atoms with van der Waals surface area (Å²) >= 11 is 6.86. The van der Waals surface area contributed by atoms with E-state index in [1.165, 1.54) is 6.07 Å². The molecule has 0 heterocycles. The summed E-state index contributed by atoms with van der Waals surface area (Å²) in [5, 5.41) is 7.69. The van der Waals surface area contributed by atoms with E-state index in [-0.39, 0.29) is 14.7 Å². The van der Waals surface area contributed by atoms with E-state index in [1.54, 1.807) is 22.6 Å². The highest BCUT2D eigenvalue weighted by molar-refractivity contribution is 14.1. The molecule has 0 bridgehead atoms. The quantitative estimate of drug-likeness (QED) is 0.591. The van der Waals surface area contributed by atoms with E-state index in [1.807, 2.05) is 6.07 Å². The number of hydrogen-bond acceptors (Lipinski definition) is 2. The molecule has 1 aromatic rings. The number of carbonyl (C=O) groups is 1. The first-order valence-corrected chi connectivity index (χ1v) is 4.61. The summed E-state index contributed by atoms with van der Waals surface area (Å²) in [5.41, 5.74) is 0.00677. The molecule has 0 aliphatic carbocycles. The lowest BCUT2D eigenvalue weighted by Crippen LogP contribution is -2.00. The second kappa shape index (κ2) is 4.03. The highest BCUT2D eigenvalue weighted by Gasteiger charge is 2.16. The third-order valence-corrected chi connectivity index (χ3v) is 2.72. The molecule has 0 amide bonds. The molecule has 0 aliphatic heterocycles. The van der Waals surface area contributed by atoms with E-state index in [2.05, 4.69) is 0 Å². The van der Waals surface area contributed by atoms with Gasteiger partial charge in [-0.2, -0.15) is 5.26 Å². The molecule has 0 unspecified atom stereocenters. The van der Waals surface area contributed by atoms with Gasteiger partial charge in [0.05, 0.1) is 11.1 Å². The van der Waals surface area contributed by atoms with Crippen molar-refractivity contribution in [2.75, 3.05) is 0 Å². The Morgan fingerprint density at radius 3 is 2.69 bits per heavy atom. The first-order valence-electron chi connectivity index (χ1n) is 3.16. The summed E-state index contributed by atoms with van der Waals surface area (Å²) in [6.45, 7) is 0. The Bertz CT molecular complexity index is 413. The molecule has 5 heteroatoms. The lowest BCUT2D eigenvalue weighted by Gasteiger charge is -2.01. The number of nitrogens with zero attached hydrogens (tertiary/aromatic N) is 1. The van der Waals surface area contributed by atoms with Gasteiger partial charge in [0.2, 0.25) is 0 Å². The summed E-state index contributed by atoms with van der Waals surface area (Å²) < 4.78 is 13.2. The van der Waals surface area contributed by atoms with Gasteiger partial charge in [0, 0.05) is 3.57 Å². The second-order valence-electron chi connectivity index (χ2n) is 2.17. The standard InChI is InChI=1S/C8H2ClFINO/c9-8(13)6-5(10)2-1-4(3-12)7(6)11/h1-2H. The highest BCUT2D eigenvalue weighted by atomic mass is 127. The lowest BCUT2D eigenvalue weighted by molar-refractivity contribution is 0.107. The molecule has 0 saturated heterocycles. The molecule has 0 atom stereocenters. The number of carbonyl (C=O) groups excluding carboxylic acids is 1. The Morgan fingerprint density at radius 2 is 2.23 bits per heavy atom. The Kier molecular flexibility index (Phi) is 3.22. The zero-order chi connectivity index (χ0) is 10.0. The van der Waals surface area contributed by atoms with Crippen molar-refractivity contribution in [1.29, 1.82) is 5.26 Å². The molecule has 1 aromatic carbocycles. The Hall–Kier alpha value is -0.670. The molecule has 1 rings (SSSR count). The van der Waals surface area contributed by atoms with Gasteiger partial charge in [-0.25, -0.2) is 4.39 Å². The van der Waals surface area contributed by atoms with Gasteiger partial charge in [0.1, 0.15) is 11.9 Å². The van der Waals surface area contributed by atoms with Crippen molar-refractivity contribution < 1.29 is 9.18 Å². The van der Waals surface area contributed by atoms with Crippen LogP contribution >= 0.6 is 34.2 Å². The normalized spacial score (nSPS) is 9.38. The summed E-state index contributed by atoms with van der Waals surface area (Å²) in [6.07, 6.45) is 0. The van der Waals surface area contributed by atoms with Crippen LogP contribution in [0.2, 0.25) is 0 Å². The maximum Gasteiger partial charge on any atom is 0.256 e. The minimum atomic E-state index is -0.890. The van der Waals surface area contributed by atoms with Gasteiger partial charge in [-0.05, 0) is 46.3 Å². The van der Waals surface area contributed by atoms with E-state index >= 15 is 0 Å². The van der Waals surface area contributed by atoms with Gasteiger partial charge >= 0.3 is 0 Å². The molecule has 0 aliphatic rings. The van der Waals surface area contributed by atoms with Crippen molar-refractivity contribution in [3.05, 3.63) is 32.6 Å². The van der Waals surface area contributed by atoms with Crippen molar-refractivity contribution in [3.63, 3.8) is 0 Å². The molecule has 13 heavy (non-hydrogen) atoms. The van der Waals surface area contributed by atoms with Crippen LogP contribution < -0.4 is 0 Å². The summed E-state index contributed by atoms with van der Waals surface area (Å²) in [4.78, 5) is 10.8. The van der Waals surface area contributed by atoms with Crippen LogP contribution in [-0.2, 0) is 0 Å². The van der Waals surface area contributed by atoms with Crippen molar-refractivity contribution in [3.8, 4) is 6.07 Å². The van der Waals surface area contributed by atoms with Crippen LogP contribution in [0.1, 0.15) is 15.9 Å². The maximum atomic E-state index is 13.0. The fourth-order valence-corrected chi connectivity index (χ4v) is 1.97. The van der Waals surface area contributed by atoms with Crippen molar-refractivity contribution >= 4 is 39.4 Å². The molecule has 0 fully saturated rings. The topological polar surface area (TPSA) is 40.9 Å². The van der Waals surface area contributed by atoms with E-state index in [4.69, 9.17) is 16.9 Å². The summed E-state index contributed by atoms with van der Waals surface area (Å²) in [5.74, 6) is -0.705. The second-order valence-corrected chi connectivity index (χ2v) is 3.59. The molecular formula is C8H2ClFINO. The van der Waals surface area contributed by atoms with Crippen LogP contribution in [0.15, 0.2) is 12.1 Å². The number of rotatable bonds is 1. The minimum absolute atomic E-state index is 0.235. The first kappa shape index (κ1) is 10.4. The number of hydrogen-bond donors (Lipinski definition) is 0. The van der Waals surface area contributed by atoms with E-state index < -0.39 is 11.1 Å². The number of benzene rings is 1. The van der Waals surface area contributed by atoms with E-state index in [9.17, 15) is 9.18 Å². The van der Waals surface area contributed by atoms with Gasteiger partial charge in [0.15, 0.2) is 0 Å². The Balaban J connectivity index is 3.50. The SMILES string of the molecule is N#Cc1ccc(F)c(C(=O)Cl)c1I. The average Bonchev–Trinajstić information content (AvgIpc) is 2.04. The van der Waals surface area contributed by atoms with Crippen LogP contribution in [0.3, 0.4) is 0 Å². The van der Waals surface area contributed by atoms with Gasteiger partial charge in [-0.3, -0.25) is 4.79 Å². The van der Waals surface area contributed by atoms with Crippen molar-refractivity contribution in [1.82, 2.24) is 0 Å². The van der Waals surface area contributed by atoms with Gasteiger partial charge in [-0.15, -0.1) is 0 Å². The molecule has 0 saturated carbocycles. The maximum absolute atomic E-state index is 13.0. The highest BCUT2D eigenvalue weighted by Crippen LogP contribution is 2.21. The molecule has 0 N–H and O–H groups in total. The van der Waals surface area contributed by atoms with Crippen LogP contribution in [-0.4, -0.2) is 5.24 Å². The first-order chi connectivity index (χ1) is 6.07. The van der Waals surface area contributed by atoms with Crippen molar-refractivity contribution in [2.24, 2.45) is 0 Å². The Labute approximate surface area is 92.4 Å². The number of halogens is 3. The predicted octanol–water partition coefficient (Wildman–Crippen LogP) is 2.68. The smallest absolute Gasteiger partial charge is 0.256 e. The molecule has 2 nitrogen and oxygen atoms in total. The third-order valence-electron chi connectivity index (χ3n) is 1.41. The predicted molar refractivity (Wildman–Crippen MR) is 54.0 cm³/mol.